The molecule has 8 heteroatoms. The molecular formula is C15H26O8. The van der Waals surface area contributed by atoms with Crippen molar-refractivity contribution in [1.82, 2.24) is 0 Å². The minimum atomic E-state index is -1.12. The van der Waals surface area contributed by atoms with Crippen LogP contribution in [0.25, 0.3) is 0 Å². The number of fused-ring (bicyclic) bond motifs is 3. The Morgan fingerprint density at radius 1 is 1.13 bits per heavy atom. The van der Waals surface area contributed by atoms with Crippen LogP contribution in [0.5, 0.6) is 0 Å². The molecule has 0 saturated carbocycles. The first-order valence-electron chi connectivity index (χ1n) is 7.91. The lowest BCUT2D eigenvalue weighted by molar-refractivity contribution is -0.300. The first-order chi connectivity index (χ1) is 10.7. The van der Waals surface area contributed by atoms with E-state index in [9.17, 15) is 5.11 Å². The first kappa shape index (κ1) is 17.5. The van der Waals surface area contributed by atoms with E-state index in [4.69, 9.17) is 33.5 Å². The monoisotopic (exact) mass is 334 g/mol. The lowest BCUT2D eigenvalue weighted by Gasteiger charge is -2.40. The molecule has 0 aromatic carbocycles. The number of aliphatic hydroxyl groups is 2. The molecule has 2 N–H and O–H groups in total. The van der Waals surface area contributed by atoms with E-state index in [-0.39, 0.29) is 32.0 Å². The van der Waals surface area contributed by atoms with Crippen LogP contribution in [0.4, 0.5) is 0 Å². The number of ether oxygens (including phenoxy) is 6. The summed E-state index contributed by atoms with van der Waals surface area (Å²) >= 11 is 0. The van der Waals surface area contributed by atoms with Gasteiger partial charge in [0.05, 0.1) is 19.8 Å². The van der Waals surface area contributed by atoms with Gasteiger partial charge in [-0.3, -0.25) is 0 Å². The molecule has 3 saturated heterocycles. The molecule has 0 aliphatic carbocycles. The Morgan fingerprint density at radius 3 is 2.57 bits per heavy atom. The van der Waals surface area contributed by atoms with E-state index in [0.717, 1.165) is 0 Å². The summed E-state index contributed by atoms with van der Waals surface area (Å²) in [5.41, 5.74) is 0. The third-order valence-corrected chi connectivity index (χ3v) is 4.10. The van der Waals surface area contributed by atoms with Crippen LogP contribution in [0.15, 0.2) is 0 Å². The van der Waals surface area contributed by atoms with Crippen molar-refractivity contribution in [2.24, 2.45) is 0 Å². The van der Waals surface area contributed by atoms with Gasteiger partial charge in [-0.2, -0.15) is 0 Å². The van der Waals surface area contributed by atoms with Gasteiger partial charge in [0.25, 0.3) is 0 Å². The third-order valence-electron chi connectivity index (χ3n) is 4.10. The zero-order valence-corrected chi connectivity index (χ0v) is 14.0. The topological polar surface area (TPSA) is 95.8 Å². The minimum Gasteiger partial charge on any atom is -0.394 e. The Bertz CT molecular complexity index is 439. The van der Waals surface area contributed by atoms with Crippen LogP contribution >= 0.6 is 0 Å². The molecule has 0 spiro atoms. The highest BCUT2D eigenvalue weighted by Gasteiger charge is 2.65. The molecule has 0 aromatic rings. The van der Waals surface area contributed by atoms with Gasteiger partial charge in [-0.15, -0.1) is 0 Å². The largest absolute Gasteiger partial charge is 0.394 e. The Kier molecular flexibility index (Phi) is 4.48. The van der Waals surface area contributed by atoms with Gasteiger partial charge >= 0.3 is 0 Å². The summed E-state index contributed by atoms with van der Waals surface area (Å²) in [6, 6.07) is 0. The second kappa shape index (κ2) is 5.89. The van der Waals surface area contributed by atoms with Crippen molar-refractivity contribution in [2.45, 2.75) is 69.5 Å². The molecule has 3 rings (SSSR count). The Balaban J connectivity index is 1.74. The molecule has 0 radical (unpaired) electrons. The van der Waals surface area contributed by atoms with Crippen molar-refractivity contribution >= 4 is 0 Å². The fraction of sp³-hybridized carbons (Fsp3) is 1.00. The van der Waals surface area contributed by atoms with Crippen molar-refractivity contribution in [3.05, 3.63) is 0 Å². The van der Waals surface area contributed by atoms with E-state index in [1.165, 1.54) is 0 Å². The van der Waals surface area contributed by atoms with Crippen LogP contribution in [-0.4, -0.2) is 78.4 Å². The molecule has 3 aliphatic rings. The molecule has 134 valence electrons. The van der Waals surface area contributed by atoms with Gasteiger partial charge in [-0.05, 0) is 27.7 Å². The standard InChI is InChI=1S/C15H26O8/c1-13(2)20-10-7-19-15(8-18-6-9(17)5-16)12(11(10)21-13)22-14(3,4)23-15/h9-12,16-17H,5-8H2,1-4H3/t9?,10-,11-,12+,15+/m1/s1. The molecular weight excluding hydrogens is 308 g/mol. The maximum atomic E-state index is 9.41. The lowest BCUT2D eigenvalue weighted by atomic mass is 9.97. The van der Waals surface area contributed by atoms with Crippen molar-refractivity contribution in [2.75, 3.05) is 26.4 Å². The minimum absolute atomic E-state index is 0.0188. The summed E-state index contributed by atoms with van der Waals surface area (Å²) in [5, 5.41) is 18.3. The molecule has 0 amide bonds. The van der Waals surface area contributed by atoms with Crippen LogP contribution < -0.4 is 0 Å². The van der Waals surface area contributed by atoms with Crippen LogP contribution in [0, 0.1) is 0 Å². The fourth-order valence-electron chi connectivity index (χ4n) is 3.34. The average Bonchev–Trinajstić information content (AvgIpc) is 2.90. The number of hydrogen-bond donors (Lipinski definition) is 2. The highest BCUT2D eigenvalue weighted by Crippen LogP contribution is 2.47. The smallest absolute Gasteiger partial charge is 0.224 e. The van der Waals surface area contributed by atoms with Gasteiger partial charge in [0.2, 0.25) is 5.79 Å². The summed E-state index contributed by atoms with van der Waals surface area (Å²) in [7, 11) is 0. The number of rotatable bonds is 5. The predicted molar refractivity (Wildman–Crippen MR) is 76.5 cm³/mol. The third kappa shape index (κ3) is 3.40. The van der Waals surface area contributed by atoms with E-state index >= 15 is 0 Å². The number of hydrogen-bond acceptors (Lipinski definition) is 8. The van der Waals surface area contributed by atoms with Gasteiger partial charge in [-0.25, -0.2) is 0 Å². The maximum Gasteiger partial charge on any atom is 0.224 e. The van der Waals surface area contributed by atoms with E-state index < -0.39 is 29.6 Å². The van der Waals surface area contributed by atoms with Crippen LogP contribution in [0.2, 0.25) is 0 Å². The molecule has 3 aliphatic heterocycles. The molecule has 3 heterocycles. The van der Waals surface area contributed by atoms with Crippen molar-refractivity contribution in [3.63, 3.8) is 0 Å². The van der Waals surface area contributed by atoms with Crippen molar-refractivity contribution < 1.29 is 38.6 Å². The van der Waals surface area contributed by atoms with Gasteiger partial charge in [0, 0.05) is 0 Å². The molecule has 8 nitrogen and oxygen atoms in total. The van der Waals surface area contributed by atoms with Gasteiger partial charge in [0.15, 0.2) is 11.6 Å². The van der Waals surface area contributed by atoms with E-state index in [1.807, 2.05) is 13.8 Å². The zero-order chi connectivity index (χ0) is 16.9. The summed E-state index contributed by atoms with van der Waals surface area (Å²) in [6.45, 7) is 7.28. The second-order valence-electron chi connectivity index (χ2n) is 7.15. The Labute approximate surface area is 135 Å². The Morgan fingerprint density at radius 2 is 1.87 bits per heavy atom. The van der Waals surface area contributed by atoms with E-state index in [1.54, 1.807) is 13.8 Å². The predicted octanol–water partition coefficient (Wildman–Crippen LogP) is -0.246. The fourth-order valence-corrected chi connectivity index (χ4v) is 3.34. The summed E-state index contributed by atoms with van der Waals surface area (Å²) in [6.07, 6.45) is -2.01. The quantitative estimate of drug-likeness (QED) is 0.711. The summed E-state index contributed by atoms with van der Waals surface area (Å²) in [4.78, 5) is 0. The second-order valence-corrected chi connectivity index (χ2v) is 7.15. The van der Waals surface area contributed by atoms with E-state index in [0.29, 0.717) is 6.61 Å². The molecule has 1 unspecified atom stereocenters. The SMILES string of the molecule is CC1(C)O[C@@H]2[C@@H](CO[C@@]3(COCC(O)CO)OC(C)(C)O[C@@H]23)O1. The molecule has 0 aromatic heterocycles. The van der Waals surface area contributed by atoms with Crippen molar-refractivity contribution in [3.8, 4) is 0 Å². The highest BCUT2D eigenvalue weighted by molar-refractivity contribution is 5.03. The number of aliphatic hydroxyl groups excluding tert-OH is 2. The van der Waals surface area contributed by atoms with Crippen LogP contribution in [0.1, 0.15) is 27.7 Å². The lowest BCUT2D eigenvalue weighted by Crippen LogP contribution is -2.60. The maximum absolute atomic E-state index is 9.41. The van der Waals surface area contributed by atoms with E-state index in [2.05, 4.69) is 0 Å². The van der Waals surface area contributed by atoms with Gasteiger partial charge in [-0.1, -0.05) is 0 Å². The van der Waals surface area contributed by atoms with Gasteiger partial charge < -0.3 is 38.6 Å². The van der Waals surface area contributed by atoms with Crippen LogP contribution in [0.3, 0.4) is 0 Å². The molecule has 0 bridgehead atoms. The molecule has 3 fully saturated rings. The summed E-state index contributed by atoms with van der Waals surface area (Å²) in [5.74, 6) is -2.68. The van der Waals surface area contributed by atoms with Crippen molar-refractivity contribution in [1.29, 1.82) is 0 Å². The van der Waals surface area contributed by atoms with Crippen LogP contribution in [-0.2, 0) is 28.4 Å². The average molecular weight is 334 g/mol. The Hall–Kier alpha value is -0.320. The summed E-state index contributed by atoms with van der Waals surface area (Å²) < 4.78 is 35.2. The zero-order valence-electron chi connectivity index (χ0n) is 14.0. The first-order valence-corrected chi connectivity index (χ1v) is 7.91. The van der Waals surface area contributed by atoms with Gasteiger partial charge in [0.1, 0.15) is 31.0 Å². The highest BCUT2D eigenvalue weighted by atomic mass is 16.9. The molecule has 5 atom stereocenters. The normalized spacial score (nSPS) is 42.3. The molecule has 23 heavy (non-hydrogen) atoms.